The monoisotopic (exact) mass is 267 g/mol. The van der Waals surface area contributed by atoms with E-state index in [-0.39, 0.29) is 12.4 Å². The fraction of sp³-hybridized carbons (Fsp3) is 0.600. The molecule has 3 rings (SSSR count). The van der Waals surface area contributed by atoms with Crippen LogP contribution in [-0.2, 0) is 12.0 Å². The summed E-state index contributed by atoms with van der Waals surface area (Å²) in [7, 11) is 1.75. The minimum Gasteiger partial charge on any atom is -0.497 e. The molecule has 2 aliphatic rings. The normalized spacial score (nSPS) is 29.8. The van der Waals surface area contributed by atoms with Crippen molar-refractivity contribution in [3.63, 3.8) is 0 Å². The average molecular weight is 268 g/mol. The maximum atomic E-state index is 5.38. The molecule has 2 nitrogen and oxygen atoms in total. The number of hydrogen-bond acceptors (Lipinski definition) is 2. The van der Waals surface area contributed by atoms with Gasteiger partial charge in [-0.15, -0.1) is 12.4 Å². The summed E-state index contributed by atoms with van der Waals surface area (Å²) in [5, 5.41) is 3.71. The maximum absolute atomic E-state index is 5.38. The van der Waals surface area contributed by atoms with Crippen LogP contribution in [-0.4, -0.2) is 13.2 Å². The zero-order valence-electron chi connectivity index (χ0n) is 11.2. The zero-order chi connectivity index (χ0) is 11.9. The van der Waals surface area contributed by atoms with Crippen molar-refractivity contribution in [1.82, 2.24) is 5.32 Å². The molecule has 0 spiro atoms. The number of methoxy groups -OCH3 is 1. The molecular weight excluding hydrogens is 246 g/mol. The number of fused-ring (bicyclic) bond motifs is 3. The topological polar surface area (TPSA) is 21.3 Å². The quantitative estimate of drug-likeness (QED) is 0.842. The summed E-state index contributed by atoms with van der Waals surface area (Å²) in [6.07, 6.45) is 5.33. The molecule has 2 atom stereocenters. The van der Waals surface area contributed by atoms with Crippen molar-refractivity contribution in [2.45, 2.75) is 50.6 Å². The van der Waals surface area contributed by atoms with Crippen molar-refractivity contribution in [3.05, 3.63) is 29.3 Å². The van der Waals surface area contributed by atoms with E-state index in [1.165, 1.54) is 36.8 Å². The van der Waals surface area contributed by atoms with Crippen molar-refractivity contribution >= 4 is 12.4 Å². The van der Waals surface area contributed by atoms with Gasteiger partial charge in [0, 0.05) is 18.0 Å². The highest BCUT2D eigenvalue weighted by Crippen LogP contribution is 2.44. The lowest BCUT2D eigenvalue weighted by molar-refractivity contribution is 0.211. The molecule has 2 unspecified atom stereocenters. The third-order valence-electron chi connectivity index (χ3n) is 4.68. The second kappa shape index (κ2) is 5.10. The number of halogens is 1. The van der Waals surface area contributed by atoms with E-state index < -0.39 is 0 Å². The molecule has 0 radical (unpaired) electrons. The highest BCUT2D eigenvalue weighted by Gasteiger charge is 2.41. The molecule has 0 aromatic heterocycles. The van der Waals surface area contributed by atoms with Gasteiger partial charge < -0.3 is 10.1 Å². The molecule has 1 aliphatic heterocycles. The van der Waals surface area contributed by atoms with Crippen LogP contribution in [0.3, 0.4) is 0 Å². The maximum Gasteiger partial charge on any atom is 0.119 e. The highest BCUT2D eigenvalue weighted by molar-refractivity contribution is 5.85. The minimum atomic E-state index is 0. The van der Waals surface area contributed by atoms with Gasteiger partial charge in [0.1, 0.15) is 5.75 Å². The van der Waals surface area contributed by atoms with E-state index in [1.54, 1.807) is 7.11 Å². The van der Waals surface area contributed by atoms with Gasteiger partial charge in [0.25, 0.3) is 0 Å². The number of benzene rings is 1. The standard InChI is InChI=1S/C15H21NO.ClH/c1-15-8-4-3-5-14(15)16-10-11-6-7-12(17-2)9-13(11)15;/h6-7,9,14,16H,3-5,8,10H2,1-2H3;1H. The highest BCUT2D eigenvalue weighted by atomic mass is 35.5. The molecule has 1 aliphatic carbocycles. The summed E-state index contributed by atoms with van der Waals surface area (Å²) in [4.78, 5) is 0. The first-order valence-electron chi connectivity index (χ1n) is 6.65. The van der Waals surface area contributed by atoms with E-state index in [9.17, 15) is 0 Å². The Bertz CT molecular complexity index is 435. The molecular formula is C15H22ClNO. The van der Waals surface area contributed by atoms with E-state index in [0.29, 0.717) is 11.5 Å². The van der Waals surface area contributed by atoms with Gasteiger partial charge in [0.2, 0.25) is 0 Å². The van der Waals surface area contributed by atoms with Crippen molar-refractivity contribution in [3.8, 4) is 5.75 Å². The summed E-state index contributed by atoms with van der Waals surface area (Å²) in [5.74, 6) is 0.996. The number of rotatable bonds is 1. The Kier molecular flexibility index (Phi) is 3.88. The third-order valence-corrected chi connectivity index (χ3v) is 4.68. The molecule has 3 heteroatoms. The van der Waals surface area contributed by atoms with Crippen LogP contribution in [0, 0.1) is 0 Å². The Balaban J connectivity index is 0.00000120. The molecule has 1 heterocycles. The van der Waals surface area contributed by atoms with Gasteiger partial charge in [0.15, 0.2) is 0 Å². The van der Waals surface area contributed by atoms with Crippen molar-refractivity contribution in [2.24, 2.45) is 0 Å². The molecule has 0 bridgehead atoms. The summed E-state index contributed by atoms with van der Waals surface area (Å²) in [5.41, 5.74) is 3.27. The second-order valence-corrected chi connectivity index (χ2v) is 5.62. The summed E-state index contributed by atoms with van der Waals surface area (Å²) >= 11 is 0. The molecule has 1 N–H and O–H groups in total. The lowest BCUT2D eigenvalue weighted by Crippen LogP contribution is -2.52. The van der Waals surface area contributed by atoms with Crippen molar-refractivity contribution in [1.29, 1.82) is 0 Å². The summed E-state index contributed by atoms with van der Waals surface area (Å²) < 4.78 is 5.38. The van der Waals surface area contributed by atoms with Gasteiger partial charge >= 0.3 is 0 Å². The van der Waals surface area contributed by atoms with Gasteiger partial charge in [-0.05, 0) is 36.1 Å². The predicted molar refractivity (Wildman–Crippen MR) is 76.7 cm³/mol. The first kappa shape index (κ1) is 13.7. The van der Waals surface area contributed by atoms with Crippen molar-refractivity contribution in [2.75, 3.05) is 7.11 Å². The first-order valence-corrected chi connectivity index (χ1v) is 6.65. The lowest BCUT2D eigenvalue weighted by atomic mass is 9.64. The number of nitrogens with one attached hydrogen (secondary N) is 1. The van der Waals surface area contributed by atoms with E-state index >= 15 is 0 Å². The smallest absolute Gasteiger partial charge is 0.119 e. The second-order valence-electron chi connectivity index (χ2n) is 5.62. The van der Waals surface area contributed by atoms with Gasteiger partial charge in [0.05, 0.1) is 7.11 Å². The Morgan fingerprint density at radius 1 is 1.33 bits per heavy atom. The Morgan fingerprint density at radius 3 is 2.94 bits per heavy atom. The molecule has 1 fully saturated rings. The van der Waals surface area contributed by atoms with E-state index in [2.05, 4.69) is 30.4 Å². The molecule has 1 saturated carbocycles. The van der Waals surface area contributed by atoms with Crippen LogP contribution < -0.4 is 10.1 Å². The molecule has 0 saturated heterocycles. The van der Waals surface area contributed by atoms with Crippen molar-refractivity contribution < 1.29 is 4.74 Å². The van der Waals surface area contributed by atoms with Crippen LogP contribution >= 0.6 is 12.4 Å². The molecule has 1 aromatic carbocycles. The van der Waals surface area contributed by atoms with Crippen LogP contribution in [0.4, 0.5) is 0 Å². The largest absolute Gasteiger partial charge is 0.497 e. The number of hydrogen-bond donors (Lipinski definition) is 1. The molecule has 100 valence electrons. The fourth-order valence-corrected chi connectivity index (χ4v) is 3.58. The molecule has 0 amide bonds. The predicted octanol–water partition coefficient (Wildman–Crippen LogP) is 3.42. The fourth-order valence-electron chi connectivity index (χ4n) is 3.58. The van der Waals surface area contributed by atoms with E-state index in [0.717, 1.165) is 12.3 Å². The minimum absolute atomic E-state index is 0. The SMILES string of the molecule is COc1ccc2c(c1)C1(C)CCCCC1NC2.Cl. The van der Waals surface area contributed by atoms with Gasteiger partial charge in [-0.25, -0.2) is 0 Å². The van der Waals surface area contributed by atoms with E-state index in [4.69, 9.17) is 4.74 Å². The van der Waals surface area contributed by atoms with Gasteiger partial charge in [-0.1, -0.05) is 25.8 Å². The zero-order valence-corrected chi connectivity index (χ0v) is 12.0. The van der Waals surface area contributed by atoms with Crippen LogP contribution in [0.5, 0.6) is 5.75 Å². The van der Waals surface area contributed by atoms with Crippen LogP contribution in [0.25, 0.3) is 0 Å². The number of ether oxygens (including phenoxy) is 1. The first-order chi connectivity index (χ1) is 8.24. The summed E-state index contributed by atoms with van der Waals surface area (Å²) in [6, 6.07) is 7.20. The van der Waals surface area contributed by atoms with Gasteiger partial charge in [-0.2, -0.15) is 0 Å². The molecule has 18 heavy (non-hydrogen) atoms. The van der Waals surface area contributed by atoms with Crippen LogP contribution in [0.2, 0.25) is 0 Å². The average Bonchev–Trinajstić information content (AvgIpc) is 2.38. The van der Waals surface area contributed by atoms with Crippen LogP contribution in [0.1, 0.15) is 43.7 Å². The van der Waals surface area contributed by atoms with Crippen LogP contribution in [0.15, 0.2) is 18.2 Å². The Morgan fingerprint density at radius 2 is 2.17 bits per heavy atom. The third kappa shape index (κ3) is 2.02. The van der Waals surface area contributed by atoms with Gasteiger partial charge in [-0.3, -0.25) is 0 Å². The van der Waals surface area contributed by atoms with E-state index in [1.807, 2.05) is 0 Å². The lowest BCUT2D eigenvalue weighted by Gasteiger charge is -2.47. The Hall–Kier alpha value is -0.730. The Labute approximate surface area is 116 Å². The summed E-state index contributed by atoms with van der Waals surface area (Å²) in [6.45, 7) is 3.43. The molecule has 1 aromatic rings.